The zero-order chi connectivity index (χ0) is 19.0. The van der Waals surface area contributed by atoms with Gasteiger partial charge in [-0.1, -0.05) is 28.4 Å². The first-order valence-corrected chi connectivity index (χ1v) is 8.61. The molecule has 0 aliphatic heterocycles. The maximum atomic E-state index is 12.8. The van der Waals surface area contributed by atoms with Crippen LogP contribution in [0.5, 0.6) is 0 Å². The molecule has 7 nitrogen and oxygen atoms in total. The minimum Gasteiger partial charge on any atom is -0.463 e. The van der Waals surface area contributed by atoms with Crippen LogP contribution in [0, 0.1) is 6.92 Å². The third-order valence-electron chi connectivity index (χ3n) is 3.88. The lowest BCUT2D eigenvalue weighted by atomic mass is 10.1. The predicted octanol–water partition coefficient (Wildman–Crippen LogP) is 4.85. The van der Waals surface area contributed by atoms with Crippen LogP contribution >= 0.6 is 23.2 Å². The quantitative estimate of drug-likeness (QED) is 0.473. The molecule has 0 spiro atoms. The minimum absolute atomic E-state index is 0.251. The molecule has 0 fully saturated rings. The van der Waals surface area contributed by atoms with Crippen molar-refractivity contribution >= 4 is 45.9 Å². The molecular weight excluding hydrogens is 391 g/mol. The monoisotopic (exact) mass is 402 g/mol. The third-order valence-corrected chi connectivity index (χ3v) is 4.61. The molecule has 0 aliphatic rings. The van der Waals surface area contributed by atoms with Gasteiger partial charge < -0.3 is 8.94 Å². The number of nitrogens with zero attached hydrogens (tertiary/aromatic N) is 2. The number of hydrogen-bond acceptors (Lipinski definition) is 6. The number of hydrogen-bond donors (Lipinski definition) is 2. The van der Waals surface area contributed by atoms with Gasteiger partial charge in [-0.2, -0.15) is 0 Å². The fraction of sp³-hybridized carbons (Fsp3) is 0.0556. The lowest BCUT2D eigenvalue weighted by Crippen LogP contribution is -2.29. The average molecular weight is 403 g/mol. The Morgan fingerprint density at radius 3 is 2.74 bits per heavy atom. The largest absolute Gasteiger partial charge is 0.463 e. The molecule has 136 valence electrons. The van der Waals surface area contributed by atoms with Crippen LogP contribution in [0.1, 0.15) is 16.1 Å². The highest BCUT2D eigenvalue weighted by molar-refractivity contribution is 6.42. The minimum atomic E-state index is -0.396. The van der Waals surface area contributed by atoms with Crippen molar-refractivity contribution in [2.24, 2.45) is 0 Å². The zero-order valence-corrected chi connectivity index (χ0v) is 15.4. The average Bonchev–Trinajstić information content (AvgIpc) is 3.32. The molecule has 0 radical (unpaired) electrons. The van der Waals surface area contributed by atoms with E-state index < -0.39 is 5.91 Å². The van der Waals surface area contributed by atoms with Gasteiger partial charge in [-0.05, 0) is 43.3 Å². The van der Waals surface area contributed by atoms with Crippen molar-refractivity contribution in [3.8, 4) is 11.5 Å². The van der Waals surface area contributed by atoms with Crippen molar-refractivity contribution in [3.63, 3.8) is 0 Å². The van der Waals surface area contributed by atoms with E-state index in [1.807, 2.05) is 0 Å². The van der Waals surface area contributed by atoms with Crippen LogP contribution < -0.4 is 10.9 Å². The van der Waals surface area contributed by atoms with Crippen molar-refractivity contribution in [1.82, 2.24) is 15.6 Å². The molecule has 0 saturated carbocycles. The number of hydrazine groups is 1. The number of fused-ring (bicyclic) bond motifs is 1. The van der Waals surface area contributed by atoms with Crippen molar-refractivity contribution < 1.29 is 13.7 Å². The number of amides is 1. The van der Waals surface area contributed by atoms with Gasteiger partial charge >= 0.3 is 0 Å². The van der Waals surface area contributed by atoms with Gasteiger partial charge in [-0.15, -0.1) is 0 Å². The number of rotatable bonds is 4. The van der Waals surface area contributed by atoms with Crippen molar-refractivity contribution in [1.29, 1.82) is 0 Å². The van der Waals surface area contributed by atoms with Gasteiger partial charge in [-0.3, -0.25) is 15.6 Å². The number of carbonyl (C=O) groups is 1. The van der Waals surface area contributed by atoms with E-state index in [0.29, 0.717) is 43.8 Å². The summed E-state index contributed by atoms with van der Waals surface area (Å²) in [7, 11) is 0. The first-order chi connectivity index (χ1) is 13.0. The van der Waals surface area contributed by atoms with Crippen LogP contribution in [0.25, 0.3) is 22.6 Å². The van der Waals surface area contributed by atoms with Crippen molar-refractivity contribution in [2.45, 2.75) is 6.92 Å². The summed E-state index contributed by atoms with van der Waals surface area (Å²) in [5, 5.41) is 5.22. The van der Waals surface area contributed by atoms with Crippen LogP contribution in [0.2, 0.25) is 10.0 Å². The summed E-state index contributed by atoms with van der Waals surface area (Å²) in [6, 6.07) is 10.0. The SMILES string of the molecule is Cc1noc2nc(-c3ccco3)cc(C(=O)NNc3ccc(Cl)c(Cl)c3)c12. The second-order valence-corrected chi connectivity index (χ2v) is 6.50. The van der Waals surface area contributed by atoms with Crippen molar-refractivity contribution in [2.75, 3.05) is 5.43 Å². The fourth-order valence-corrected chi connectivity index (χ4v) is 2.89. The molecular formula is C18H12Cl2N4O3. The molecule has 0 unspecified atom stereocenters. The molecule has 9 heteroatoms. The van der Waals surface area contributed by atoms with E-state index in [0.717, 1.165) is 0 Å². The van der Waals surface area contributed by atoms with Gasteiger partial charge in [0.15, 0.2) is 5.76 Å². The molecule has 0 atom stereocenters. The molecule has 4 rings (SSSR count). The topological polar surface area (TPSA) is 93.2 Å². The van der Waals surface area contributed by atoms with Gasteiger partial charge in [-0.25, -0.2) is 4.98 Å². The third kappa shape index (κ3) is 3.34. The maximum Gasteiger partial charge on any atom is 0.270 e. The number of anilines is 1. The van der Waals surface area contributed by atoms with Gasteiger partial charge in [0.1, 0.15) is 5.69 Å². The Labute approximate surface area is 163 Å². The molecule has 2 N–H and O–H groups in total. The zero-order valence-electron chi connectivity index (χ0n) is 13.9. The Kier molecular flexibility index (Phi) is 4.47. The molecule has 4 aromatic rings. The van der Waals surface area contributed by atoms with E-state index in [1.165, 1.54) is 6.26 Å². The van der Waals surface area contributed by atoms with E-state index in [9.17, 15) is 4.79 Å². The maximum absolute atomic E-state index is 12.8. The van der Waals surface area contributed by atoms with Crippen LogP contribution in [0.15, 0.2) is 51.6 Å². The summed E-state index contributed by atoms with van der Waals surface area (Å²) >= 11 is 11.9. The van der Waals surface area contributed by atoms with Crippen molar-refractivity contribution in [3.05, 3.63) is 64.0 Å². The molecule has 3 heterocycles. The Bertz CT molecular complexity index is 1140. The lowest BCUT2D eigenvalue weighted by Gasteiger charge is -2.10. The highest BCUT2D eigenvalue weighted by Gasteiger charge is 2.20. The number of carbonyl (C=O) groups excluding carboxylic acids is 1. The smallest absolute Gasteiger partial charge is 0.270 e. The van der Waals surface area contributed by atoms with E-state index >= 15 is 0 Å². The Morgan fingerprint density at radius 2 is 2.00 bits per heavy atom. The van der Waals surface area contributed by atoms with E-state index in [4.69, 9.17) is 32.1 Å². The summed E-state index contributed by atoms with van der Waals surface area (Å²) < 4.78 is 10.6. The van der Waals surface area contributed by atoms with Crippen LogP contribution in [-0.2, 0) is 0 Å². The number of furan rings is 1. The van der Waals surface area contributed by atoms with Gasteiger partial charge in [0.2, 0.25) is 0 Å². The molecule has 1 amide bonds. The molecule has 1 aromatic carbocycles. The Balaban J connectivity index is 1.67. The summed E-state index contributed by atoms with van der Waals surface area (Å²) in [6.45, 7) is 1.74. The normalized spacial score (nSPS) is 10.9. The first-order valence-electron chi connectivity index (χ1n) is 7.85. The highest BCUT2D eigenvalue weighted by Crippen LogP contribution is 2.28. The number of aryl methyl sites for hydroxylation is 1. The molecule has 0 aliphatic carbocycles. The molecule has 0 bridgehead atoms. The van der Waals surface area contributed by atoms with E-state index in [-0.39, 0.29) is 5.71 Å². The summed E-state index contributed by atoms with van der Waals surface area (Å²) in [6.07, 6.45) is 1.53. The number of halogens is 2. The highest BCUT2D eigenvalue weighted by atomic mass is 35.5. The molecule has 27 heavy (non-hydrogen) atoms. The Hall–Kier alpha value is -3.03. The summed E-state index contributed by atoms with van der Waals surface area (Å²) in [5.41, 5.74) is 7.63. The lowest BCUT2D eigenvalue weighted by molar-refractivity contribution is 0.0964. The first kappa shape index (κ1) is 17.4. The van der Waals surface area contributed by atoms with Gasteiger partial charge in [0, 0.05) is 0 Å². The number of pyridine rings is 1. The predicted molar refractivity (Wildman–Crippen MR) is 102 cm³/mol. The van der Waals surface area contributed by atoms with Gasteiger partial charge in [0.25, 0.3) is 11.6 Å². The number of benzene rings is 1. The standard InChI is InChI=1S/C18H12Cl2N4O3/c1-9-16-11(17(25)23-22-10-4-5-12(19)13(20)7-10)8-14(15-3-2-6-26-15)21-18(16)27-24-9/h2-8,22H,1H3,(H,23,25). The van der Waals surface area contributed by atoms with Gasteiger partial charge in [0.05, 0.1) is 38.6 Å². The fourth-order valence-electron chi connectivity index (χ4n) is 2.59. The van der Waals surface area contributed by atoms with Crippen LogP contribution in [-0.4, -0.2) is 16.0 Å². The second-order valence-electron chi connectivity index (χ2n) is 5.69. The van der Waals surface area contributed by atoms with Crippen LogP contribution in [0.3, 0.4) is 0 Å². The molecule has 0 saturated heterocycles. The summed E-state index contributed by atoms with van der Waals surface area (Å²) in [5.74, 6) is 0.116. The Morgan fingerprint density at radius 1 is 1.15 bits per heavy atom. The summed E-state index contributed by atoms with van der Waals surface area (Å²) in [4.78, 5) is 17.2. The number of aromatic nitrogens is 2. The molecule has 3 aromatic heterocycles. The second kappa shape index (κ2) is 6.94. The van der Waals surface area contributed by atoms with Crippen LogP contribution in [0.4, 0.5) is 5.69 Å². The van der Waals surface area contributed by atoms with E-state index in [2.05, 4.69) is 21.0 Å². The van der Waals surface area contributed by atoms with E-state index in [1.54, 1.807) is 43.3 Å². The number of nitrogens with one attached hydrogen (secondary N) is 2.